The van der Waals surface area contributed by atoms with Gasteiger partial charge in [0, 0.05) is 11.1 Å². The van der Waals surface area contributed by atoms with Gasteiger partial charge < -0.3 is 5.11 Å². The molecule has 0 saturated heterocycles. The number of aryl methyl sites for hydroxylation is 1. The highest BCUT2D eigenvalue weighted by atomic mass is 16.4. The summed E-state index contributed by atoms with van der Waals surface area (Å²) in [6, 6.07) is 13.6. The van der Waals surface area contributed by atoms with Crippen molar-refractivity contribution in [2.24, 2.45) is 0 Å². The first kappa shape index (κ1) is 16.7. The minimum atomic E-state index is -1.03. The highest BCUT2D eigenvalue weighted by Crippen LogP contribution is 2.15. The van der Waals surface area contributed by atoms with E-state index in [0.29, 0.717) is 11.1 Å². The first-order valence-electron chi connectivity index (χ1n) is 7.59. The van der Waals surface area contributed by atoms with Crippen LogP contribution in [0.3, 0.4) is 0 Å². The van der Waals surface area contributed by atoms with E-state index in [4.69, 9.17) is 5.11 Å². The largest absolute Gasteiger partial charge is 0.478 e. The molecule has 0 spiro atoms. The summed E-state index contributed by atoms with van der Waals surface area (Å²) in [6.45, 7) is 5.91. The fourth-order valence-corrected chi connectivity index (χ4v) is 2.38. The SMILES string of the molecule is C=C(C)CCCc1ccc(C(=O)c2cccc(C(=O)O)c2)cc1. The summed E-state index contributed by atoms with van der Waals surface area (Å²) in [4.78, 5) is 23.4. The molecule has 0 aromatic heterocycles. The molecule has 0 radical (unpaired) electrons. The van der Waals surface area contributed by atoms with E-state index >= 15 is 0 Å². The van der Waals surface area contributed by atoms with Gasteiger partial charge in [-0.15, -0.1) is 6.58 Å². The second-order valence-electron chi connectivity index (χ2n) is 5.72. The molecule has 0 bridgehead atoms. The Labute approximate surface area is 136 Å². The second kappa shape index (κ2) is 7.54. The number of hydrogen-bond donors (Lipinski definition) is 1. The third-order valence-corrected chi connectivity index (χ3v) is 3.66. The number of carboxylic acids is 1. The summed E-state index contributed by atoms with van der Waals surface area (Å²) in [6.07, 6.45) is 3.00. The number of allylic oxidation sites excluding steroid dienone is 1. The average molecular weight is 308 g/mol. The van der Waals surface area contributed by atoms with Gasteiger partial charge in [-0.1, -0.05) is 42.0 Å². The summed E-state index contributed by atoms with van der Waals surface area (Å²) < 4.78 is 0. The van der Waals surface area contributed by atoms with Crippen LogP contribution in [0.15, 0.2) is 60.7 Å². The Balaban J connectivity index is 2.09. The predicted octanol–water partition coefficient (Wildman–Crippen LogP) is 4.51. The molecular formula is C20H20O3. The van der Waals surface area contributed by atoms with Gasteiger partial charge in [-0.25, -0.2) is 4.79 Å². The fraction of sp³-hybridized carbons (Fsp3) is 0.200. The number of hydrogen-bond acceptors (Lipinski definition) is 2. The molecule has 2 rings (SSSR count). The topological polar surface area (TPSA) is 54.4 Å². The van der Waals surface area contributed by atoms with Crippen LogP contribution >= 0.6 is 0 Å². The number of ketones is 1. The van der Waals surface area contributed by atoms with Crippen LogP contribution in [0, 0.1) is 0 Å². The highest BCUT2D eigenvalue weighted by Gasteiger charge is 2.11. The maximum absolute atomic E-state index is 12.4. The molecule has 3 heteroatoms. The number of aromatic carboxylic acids is 1. The van der Waals surface area contributed by atoms with Crippen molar-refractivity contribution in [2.45, 2.75) is 26.2 Å². The highest BCUT2D eigenvalue weighted by molar-refractivity contribution is 6.09. The molecule has 0 heterocycles. The van der Waals surface area contributed by atoms with Crippen LogP contribution in [-0.2, 0) is 6.42 Å². The van der Waals surface area contributed by atoms with Crippen LogP contribution in [0.1, 0.15) is 51.6 Å². The normalized spacial score (nSPS) is 10.3. The molecule has 2 aromatic rings. The number of carboxylic acid groups (broad SMARTS) is 1. The minimum Gasteiger partial charge on any atom is -0.478 e. The molecule has 0 unspecified atom stereocenters. The molecule has 0 aliphatic rings. The minimum absolute atomic E-state index is 0.118. The zero-order valence-corrected chi connectivity index (χ0v) is 13.2. The van der Waals surface area contributed by atoms with Gasteiger partial charge in [0.2, 0.25) is 0 Å². The molecule has 0 atom stereocenters. The Morgan fingerprint density at radius 3 is 2.26 bits per heavy atom. The maximum atomic E-state index is 12.4. The lowest BCUT2D eigenvalue weighted by molar-refractivity contribution is 0.0697. The van der Waals surface area contributed by atoms with Crippen molar-refractivity contribution >= 4 is 11.8 Å². The van der Waals surface area contributed by atoms with Crippen LogP contribution < -0.4 is 0 Å². The Morgan fingerprint density at radius 1 is 1.00 bits per heavy atom. The molecule has 0 aliphatic carbocycles. The quantitative estimate of drug-likeness (QED) is 0.604. The van der Waals surface area contributed by atoms with E-state index < -0.39 is 5.97 Å². The maximum Gasteiger partial charge on any atom is 0.335 e. The lowest BCUT2D eigenvalue weighted by Gasteiger charge is -2.05. The lowest BCUT2D eigenvalue weighted by atomic mass is 9.99. The first-order chi connectivity index (χ1) is 11.0. The van der Waals surface area contributed by atoms with E-state index in [1.165, 1.54) is 23.3 Å². The molecule has 0 aliphatic heterocycles. The molecule has 0 saturated carbocycles. The Hall–Kier alpha value is -2.68. The molecule has 0 amide bonds. The number of benzene rings is 2. The summed E-state index contributed by atoms with van der Waals surface area (Å²) in [5.74, 6) is -1.20. The Morgan fingerprint density at radius 2 is 1.65 bits per heavy atom. The van der Waals surface area contributed by atoms with Crippen molar-refractivity contribution in [1.82, 2.24) is 0 Å². The summed E-state index contributed by atoms with van der Waals surface area (Å²) in [5, 5.41) is 9.00. The number of carbonyl (C=O) groups excluding carboxylic acids is 1. The van der Waals surface area contributed by atoms with Crippen molar-refractivity contribution in [1.29, 1.82) is 0 Å². The summed E-state index contributed by atoms with van der Waals surface area (Å²) in [5.41, 5.74) is 3.43. The average Bonchev–Trinajstić information content (AvgIpc) is 2.54. The van der Waals surface area contributed by atoms with Crippen molar-refractivity contribution in [3.05, 3.63) is 82.9 Å². The van der Waals surface area contributed by atoms with Crippen molar-refractivity contribution < 1.29 is 14.7 Å². The van der Waals surface area contributed by atoms with Gasteiger partial charge in [-0.05, 0) is 43.9 Å². The van der Waals surface area contributed by atoms with E-state index in [9.17, 15) is 9.59 Å². The van der Waals surface area contributed by atoms with E-state index in [1.807, 2.05) is 19.1 Å². The van der Waals surface area contributed by atoms with Gasteiger partial charge >= 0.3 is 5.97 Å². The molecule has 1 N–H and O–H groups in total. The third kappa shape index (κ3) is 4.65. The molecular weight excluding hydrogens is 288 g/mol. The lowest BCUT2D eigenvalue weighted by Crippen LogP contribution is -2.04. The Kier molecular flexibility index (Phi) is 5.47. The summed E-state index contributed by atoms with van der Waals surface area (Å²) >= 11 is 0. The van der Waals surface area contributed by atoms with Gasteiger partial charge in [-0.3, -0.25) is 4.79 Å². The van der Waals surface area contributed by atoms with E-state index in [-0.39, 0.29) is 11.3 Å². The molecule has 0 fully saturated rings. The van der Waals surface area contributed by atoms with E-state index in [1.54, 1.807) is 24.3 Å². The van der Waals surface area contributed by atoms with Crippen LogP contribution in [0.25, 0.3) is 0 Å². The van der Waals surface area contributed by atoms with E-state index in [2.05, 4.69) is 6.58 Å². The standard InChI is InChI=1S/C20H20O3/c1-14(2)5-3-6-15-9-11-16(12-10-15)19(21)17-7-4-8-18(13-17)20(22)23/h4,7-13H,1,3,5-6H2,2H3,(H,22,23). The molecule has 118 valence electrons. The van der Waals surface area contributed by atoms with Crippen molar-refractivity contribution in [3.8, 4) is 0 Å². The first-order valence-corrected chi connectivity index (χ1v) is 7.59. The number of rotatable bonds is 7. The van der Waals surface area contributed by atoms with Gasteiger partial charge in [0.1, 0.15) is 0 Å². The molecule has 23 heavy (non-hydrogen) atoms. The Bertz CT molecular complexity index is 727. The number of carbonyl (C=O) groups is 2. The predicted molar refractivity (Wildman–Crippen MR) is 91.0 cm³/mol. The van der Waals surface area contributed by atoms with Crippen LogP contribution in [0.4, 0.5) is 0 Å². The van der Waals surface area contributed by atoms with E-state index in [0.717, 1.165) is 19.3 Å². The van der Waals surface area contributed by atoms with Crippen LogP contribution in [0.2, 0.25) is 0 Å². The second-order valence-corrected chi connectivity index (χ2v) is 5.72. The van der Waals surface area contributed by atoms with Crippen LogP contribution in [0.5, 0.6) is 0 Å². The monoisotopic (exact) mass is 308 g/mol. The summed E-state index contributed by atoms with van der Waals surface area (Å²) in [7, 11) is 0. The van der Waals surface area contributed by atoms with Gasteiger partial charge in [0.05, 0.1) is 5.56 Å². The van der Waals surface area contributed by atoms with Crippen molar-refractivity contribution in [2.75, 3.05) is 0 Å². The third-order valence-electron chi connectivity index (χ3n) is 3.66. The smallest absolute Gasteiger partial charge is 0.335 e. The van der Waals surface area contributed by atoms with Gasteiger partial charge in [0.15, 0.2) is 5.78 Å². The zero-order valence-electron chi connectivity index (χ0n) is 13.2. The molecule has 3 nitrogen and oxygen atoms in total. The zero-order chi connectivity index (χ0) is 16.8. The van der Waals surface area contributed by atoms with Gasteiger partial charge in [-0.2, -0.15) is 0 Å². The van der Waals surface area contributed by atoms with Crippen molar-refractivity contribution in [3.63, 3.8) is 0 Å². The fourth-order valence-electron chi connectivity index (χ4n) is 2.38. The van der Waals surface area contributed by atoms with Crippen LogP contribution in [-0.4, -0.2) is 16.9 Å². The van der Waals surface area contributed by atoms with Gasteiger partial charge in [0.25, 0.3) is 0 Å². The molecule has 2 aromatic carbocycles.